The topological polar surface area (TPSA) is 0 Å². The van der Waals surface area contributed by atoms with Crippen molar-refractivity contribution in [3.63, 3.8) is 0 Å². The van der Waals surface area contributed by atoms with Crippen LogP contribution < -0.4 is 0 Å². The minimum absolute atomic E-state index is 0. The Morgan fingerprint density at radius 1 is 2.25 bits per heavy atom. The van der Waals surface area contributed by atoms with Gasteiger partial charge in [0, 0.05) is 1.43 Å². The molecule has 0 aromatic rings. The van der Waals surface area contributed by atoms with E-state index in [0.29, 0.717) is 0 Å². The molecule has 0 aliphatic rings. The first kappa shape index (κ1) is 4.36. The summed E-state index contributed by atoms with van der Waals surface area (Å²) in [4.78, 5) is 0. The average Bonchev–Trinajstić information content (AvgIpc) is 1.37. The van der Waals surface area contributed by atoms with Crippen LogP contribution in [0.1, 0.15) is 1.43 Å². The molecule has 0 saturated heterocycles. The normalized spacial score (nSPS) is 6.50. The Hall–Kier alpha value is 0.363. The smallest absolute Gasteiger partial charge is 0 e. The van der Waals surface area contributed by atoms with Crippen molar-refractivity contribution in [3.05, 3.63) is 12.7 Å². The van der Waals surface area contributed by atoms with Crippen molar-refractivity contribution in [3.8, 4) is 0 Å². The molecule has 0 heterocycles. The van der Waals surface area contributed by atoms with Crippen molar-refractivity contribution in [2.45, 2.75) is 5.02 Å². The Balaban J connectivity index is 0. The first-order chi connectivity index (χ1) is 1.91. The summed E-state index contributed by atoms with van der Waals surface area (Å²) >= 11 is 1.35. The maximum atomic E-state index is 3.51. The van der Waals surface area contributed by atoms with Crippen LogP contribution in [0.25, 0.3) is 0 Å². The van der Waals surface area contributed by atoms with Gasteiger partial charge in [-0.15, -0.1) is 0 Å². The second-order valence-corrected chi connectivity index (χ2v) is 1.79. The van der Waals surface area contributed by atoms with Gasteiger partial charge >= 0.3 is 36.0 Å². The van der Waals surface area contributed by atoms with Gasteiger partial charge in [0.05, 0.1) is 0 Å². The van der Waals surface area contributed by atoms with Crippen LogP contribution in [0.2, 0.25) is 5.02 Å². The quantitative estimate of drug-likeness (QED) is 0.352. The van der Waals surface area contributed by atoms with Gasteiger partial charge in [0.25, 0.3) is 0 Å². The predicted molar refractivity (Wildman–Crippen MR) is 17.1 cm³/mol. The number of hydrogen-bond donors (Lipinski definition) is 0. The molecule has 0 spiro atoms. The molecule has 0 aliphatic heterocycles. The monoisotopic (exact) mass is 107 g/mol. The van der Waals surface area contributed by atoms with E-state index in [9.17, 15) is 0 Å². The van der Waals surface area contributed by atoms with Gasteiger partial charge in [-0.05, 0) is 0 Å². The van der Waals surface area contributed by atoms with Gasteiger partial charge in [-0.1, -0.05) is 0 Å². The molecule has 21 valence electrons. The molecule has 0 aromatic carbocycles. The zero-order chi connectivity index (χ0) is 3.41. The SMILES string of the molecule is C=C[CH2][Zn].[HH]. The van der Waals surface area contributed by atoms with Gasteiger partial charge < -0.3 is 0 Å². The predicted octanol–water partition coefficient (Wildman–Crippen LogP) is 1.38. The summed E-state index contributed by atoms with van der Waals surface area (Å²) in [6.07, 6.45) is 1.93. The van der Waals surface area contributed by atoms with Crippen LogP contribution in [0.15, 0.2) is 12.7 Å². The first-order valence-electron chi connectivity index (χ1n) is 1.32. The maximum Gasteiger partial charge on any atom is 0 e. The average molecular weight is 108 g/mol. The molecule has 0 aliphatic carbocycles. The Bertz CT molecular complexity index is 20.9. The molecule has 0 atom stereocenters. The van der Waals surface area contributed by atoms with Crippen molar-refractivity contribution >= 4 is 0 Å². The van der Waals surface area contributed by atoms with Crippen molar-refractivity contribution in [1.29, 1.82) is 0 Å². The molecular formula is C3H7Zn. The zero-order valence-corrected chi connectivity index (χ0v) is 5.67. The molecule has 0 N–H and O–H groups in total. The van der Waals surface area contributed by atoms with E-state index in [1.807, 2.05) is 6.08 Å². The second-order valence-electron chi connectivity index (χ2n) is 0.577. The molecular weight excluding hydrogens is 101 g/mol. The second kappa shape index (κ2) is 3.36. The molecule has 0 nitrogen and oxygen atoms in total. The van der Waals surface area contributed by atoms with Crippen LogP contribution >= 0.6 is 0 Å². The molecule has 0 bridgehead atoms. The van der Waals surface area contributed by atoms with E-state index in [2.05, 4.69) is 6.58 Å². The summed E-state index contributed by atoms with van der Waals surface area (Å²) in [6, 6.07) is 0. The summed E-state index contributed by atoms with van der Waals surface area (Å²) < 4.78 is 0. The van der Waals surface area contributed by atoms with Crippen LogP contribution in [0.3, 0.4) is 0 Å². The fourth-order valence-electron chi connectivity index (χ4n) is 0. The largest absolute Gasteiger partial charge is 0 e. The summed E-state index contributed by atoms with van der Waals surface area (Å²) in [5.41, 5.74) is 0. The Labute approximate surface area is 38.1 Å². The molecule has 0 aromatic heterocycles. The summed E-state index contributed by atoms with van der Waals surface area (Å²) in [5.74, 6) is 0. The first-order valence-corrected chi connectivity index (χ1v) is 3.41. The number of hydrogen-bond acceptors (Lipinski definition) is 0. The van der Waals surface area contributed by atoms with Gasteiger partial charge in [-0.25, -0.2) is 0 Å². The molecule has 4 heavy (non-hydrogen) atoms. The number of allylic oxidation sites excluding steroid dienone is 1. The Morgan fingerprint density at radius 2 is 2.50 bits per heavy atom. The minimum atomic E-state index is 0. The Kier molecular flexibility index (Phi) is 3.67. The molecule has 0 rings (SSSR count). The summed E-state index contributed by atoms with van der Waals surface area (Å²) in [7, 11) is 0. The van der Waals surface area contributed by atoms with Gasteiger partial charge in [0.15, 0.2) is 0 Å². The van der Waals surface area contributed by atoms with E-state index in [1.54, 1.807) is 0 Å². The van der Waals surface area contributed by atoms with Crippen LogP contribution in [0, 0.1) is 0 Å². The van der Waals surface area contributed by atoms with Crippen LogP contribution in [0.5, 0.6) is 0 Å². The van der Waals surface area contributed by atoms with Gasteiger partial charge in [-0.3, -0.25) is 0 Å². The third-order valence-electron chi connectivity index (χ3n) is 0.204. The molecule has 0 saturated carbocycles. The van der Waals surface area contributed by atoms with Crippen LogP contribution in [-0.4, -0.2) is 0 Å². The minimum Gasteiger partial charge on any atom is 0 e. The third kappa shape index (κ3) is 2.36. The molecule has 0 radical (unpaired) electrons. The fourth-order valence-corrected chi connectivity index (χ4v) is 0. The molecule has 0 fully saturated rings. The van der Waals surface area contributed by atoms with E-state index in [-0.39, 0.29) is 1.43 Å². The van der Waals surface area contributed by atoms with E-state index in [1.165, 1.54) is 23.3 Å². The van der Waals surface area contributed by atoms with E-state index in [4.69, 9.17) is 0 Å². The van der Waals surface area contributed by atoms with E-state index < -0.39 is 0 Å². The van der Waals surface area contributed by atoms with E-state index in [0.717, 1.165) is 0 Å². The summed E-state index contributed by atoms with van der Waals surface area (Å²) in [6.45, 7) is 3.51. The standard InChI is InChI=1S/C3H5.Zn.H2/c1-3-2;;/h3H,1-2H2;;1H. The van der Waals surface area contributed by atoms with Crippen molar-refractivity contribution in [2.75, 3.05) is 0 Å². The van der Waals surface area contributed by atoms with Crippen LogP contribution in [-0.2, 0) is 18.3 Å². The van der Waals surface area contributed by atoms with Crippen molar-refractivity contribution in [1.82, 2.24) is 0 Å². The third-order valence-corrected chi connectivity index (χ3v) is 1.06. The molecule has 0 amide bonds. The van der Waals surface area contributed by atoms with Crippen LogP contribution in [0.4, 0.5) is 0 Å². The summed E-state index contributed by atoms with van der Waals surface area (Å²) in [5, 5.41) is 1.21. The molecule has 1 heteroatoms. The number of rotatable bonds is 1. The maximum absolute atomic E-state index is 3.51. The van der Waals surface area contributed by atoms with Gasteiger partial charge in [0.2, 0.25) is 0 Å². The van der Waals surface area contributed by atoms with Crippen molar-refractivity contribution in [2.24, 2.45) is 0 Å². The van der Waals surface area contributed by atoms with Gasteiger partial charge in [0.1, 0.15) is 0 Å². The van der Waals surface area contributed by atoms with E-state index >= 15 is 0 Å². The molecule has 0 unspecified atom stereocenters. The Morgan fingerprint density at radius 3 is 2.50 bits per heavy atom. The fraction of sp³-hybridized carbons (Fsp3) is 0.333. The zero-order valence-electron chi connectivity index (χ0n) is 2.70. The van der Waals surface area contributed by atoms with Crippen molar-refractivity contribution < 1.29 is 19.7 Å². The van der Waals surface area contributed by atoms with Gasteiger partial charge in [-0.2, -0.15) is 0 Å².